The molecule has 0 spiro atoms. The highest BCUT2D eigenvalue weighted by molar-refractivity contribution is 7.80. The van der Waals surface area contributed by atoms with Crippen LogP contribution in [-0.4, -0.2) is 29.4 Å². The van der Waals surface area contributed by atoms with Crippen LogP contribution in [0, 0.1) is 5.92 Å². The zero-order chi connectivity index (χ0) is 10.7. The lowest BCUT2D eigenvalue weighted by molar-refractivity contribution is -0.146. The molecule has 5 heteroatoms. The lowest BCUT2D eigenvalue weighted by Gasteiger charge is -2.27. The zero-order valence-corrected chi connectivity index (χ0v) is 9.35. The van der Waals surface area contributed by atoms with E-state index in [9.17, 15) is 4.79 Å². The molecule has 0 amide bonds. The zero-order valence-electron chi connectivity index (χ0n) is 8.53. The second-order valence-corrected chi connectivity index (χ2v) is 3.61. The van der Waals surface area contributed by atoms with E-state index < -0.39 is 0 Å². The minimum absolute atomic E-state index is 0.0425. The molecule has 1 N–H and O–H groups in total. The Hall–Kier alpha value is -0.970. The summed E-state index contributed by atoms with van der Waals surface area (Å²) >= 11 is 4.91. The van der Waals surface area contributed by atoms with Gasteiger partial charge in [0.1, 0.15) is 5.92 Å². The average Bonchev–Trinajstić information content (AvgIpc) is 2.01. The number of rotatable bonds is 2. The van der Waals surface area contributed by atoms with Crippen LogP contribution in [0.1, 0.15) is 20.8 Å². The molecule has 0 saturated carbocycles. The number of nitrogens with one attached hydrogen (secondary N) is 1. The fourth-order valence-electron chi connectivity index (χ4n) is 1.51. The van der Waals surface area contributed by atoms with Crippen molar-refractivity contribution in [1.82, 2.24) is 5.32 Å². The first kappa shape index (κ1) is 11.1. The number of carbonyl (C=O) groups is 1. The maximum absolute atomic E-state index is 11.5. The van der Waals surface area contributed by atoms with E-state index in [0.717, 1.165) is 5.71 Å². The summed E-state index contributed by atoms with van der Waals surface area (Å²) in [7, 11) is 0. The predicted octanol–water partition coefficient (Wildman–Crippen LogP) is 0.903. The van der Waals surface area contributed by atoms with Crippen molar-refractivity contribution < 1.29 is 9.53 Å². The van der Waals surface area contributed by atoms with Crippen LogP contribution >= 0.6 is 12.2 Å². The number of hydrogen-bond acceptors (Lipinski definition) is 3. The van der Waals surface area contributed by atoms with Crippen molar-refractivity contribution >= 4 is 29.0 Å². The second-order valence-electron chi connectivity index (χ2n) is 3.22. The highest BCUT2D eigenvalue weighted by Crippen LogP contribution is 2.13. The predicted molar refractivity (Wildman–Crippen MR) is 58.4 cm³/mol. The van der Waals surface area contributed by atoms with Crippen LogP contribution < -0.4 is 5.32 Å². The van der Waals surface area contributed by atoms with Gasteiger partial charge in [0.15, 0.2) is 5.11 Å². The van der Waals surface area contributed by atoms with Gasteiger partial charge < -0.3 is 10.1 Å². The monoisotopic (exact) mass is 214 g/mol. The summed E-state index contributed by atoms with van der Waals surface area (Å²) in [6, 6.07) is -0.0425. The van der Waals surface area contributed by atoms with E-state index in [1.807, 2.05) is 6.92 Å². The fourth-order valence-corrected chi connectivity index (χ4v) is 1.84. The average molecular weight is 214 g/mol. The van der Waals surface area contributed by atoms with Crippen LogP contribution in [0.2, 0.25) is 0 Å². The summed E-state index contributed by atoms with van der Waals surface area (Å²) in [6.07, 6.45) is 0. The van der Waals surface area contributed by atoms with E-state index >= 15 is 0 Å². The van der Waals surface area contributed by atoms with Crippen molar-refractivity contribution in [2.45, 2.75) is 26.8 Å². The Morgan fingerprint density at radius 2 is 2.36 bits per heavy atom. The van der Waals surface area contributed by atoms with Gasteiger partial charge in [-0.2, -0.15) is 0 Å². The molecule has 0 radical (unpaired) electrons. The summed E-state index contributed by atoms with van der Waals surface area (Å²) in [5.41, 5.74) is 0.722. The van der Waals surface area contributed by atoms with Gasteiger partial charge in [-0.1, -0.05) is 0 Å². The Labute approximate surface area is 88.7 Å². The number of aliphatic imine (C=N–C) groups is 1. The first-order chi connectivity index (χ1) is 6.56. The Kier molecular flexibility index (Phi) is 3.57. The molecule has 0 aromatic carbocycles. The largest absolute Gasteiger partial charge is 0.465 e. The third kappa shape index (κ3) is 2.29. The maximum Gasteiger partial charge on any atom is 0.316 e. The normalized spacial score (nSPS) is 26.5. The minimum Gasteiger partial charge on any atom is -0.465 e. The van der Waals surface area contributed by atoms with E-state index in [-0.39, 0.29) is 17.9 Å². The summed E-state index contributed by atoms with van der Waals surface area (Å²) in [4.78, 5) is 15.6. The first-order valence-electron chi connectivity index (χ1n) is 4.58. The summed E-state index contributed by atoms with van der Waals surface area (Å²) in [5.74, 6) is -0.557. The smallest absolute Gasteiger partial charge is 0.316 e. The topological polar surface area (TPSA) is 50.7 Å². The third-order valence-corrected chi connectivity index (χ3v) is 2.33. The lowest BCUT2D eigenvalue weighted by Crippen LogP contribution is -2.48. The first-order valence-corrected chi connectivity index (χ1v) is 4.99. The molecule has 2 unspecified atom stereocenters. The molecule has 0 saturated heterocycles. The van der Waals surface area contributed by atoms with Crippen LogP contribution in [0.3, 0.4) is 0 Å². The summed E-state index contributed by atoms with van der Waals surface area (Å²) in [6.45, 7) is 5.87. The molecule has 0 aromatic rings. The Balaban J connectivity index is 2.81. The Bertz CT molecular complexity index is 289. The molecule has 0 aliphatic carbocycles. The molecule has 0 bridgehead atoms. The molecule has 0 aromatic heterocycles. The molecule has 1 heterocycles. The molecule has 1 rings (SSSR count). The molecule has 1 aliphatic rings. The van der Waals surface area contributed by atoms with Crippen molar-refractivity contribution in [2.75, 3.05) is 6.61 Å². The van der Waals surface area contributed by atoms with Gasteiger partial charge in [0.2, 0.25) is 0 Å². The number of hydrogen-bond donors (Lipinski definition) is 1. The van der Waals surface area contributed by atoms with Gasteiger partial charge in [0.05, 0.1) is 6.61 Å². The van der Waals surface area contributed by atoms with Crippen LogP contribution in [0.15, 0.2) is 4.99 Å². The van der Waals surface area contributed by atoms with Gasteiger partial charge in [-0.15, -0.1) is 0 Å². The van der Waals surface area contributed by atoms with Crippen LogP contribution in [0.4, 0.5) is 0 Å². The summed E-state index contributed by atoms with van der Waals surface area (Å²) < 4.78 is 4.95. The van der Waals surface area contributed by atoms with Crippen molar-refractivity contribution in [3.8, 4) is 0 Å². The minimum atomic E-state index is -0.318. The molecular weight excluding hydrogens is 200 g/mol. The molecule has 78 valence electrons. The van der Waals surface area contributed by atoms with E-state index in [2.05, 4.69) is 10.3 Å². The number of ether oxygens (including phenoxy) is 1. The number of nitrogens with zero attached hydrogens (tertiary/aromatic N) is 1. The molecule has 4 nitrogen and oxygen atoms in total. The molecular formula is C9H14N2O2S. The second kappa shape index (κ2) is 4.50. The molecule has 0 fully saturated rings. The van der Waals surface area contributed by atoms with Gasteiger partial charge in [-0.25, -0.2) is 4.99 Å². The van der Waals surface area contributed by atoms with Crippen molar-refractivity contribution in [2.24, 2.45) is 10.9 Å². The molecule has 1 aliphatic heterocycles. The molecule has 14 heavy (non-hydrogen) atoms. The van der Waals surface area contributed by atoms with Crippen molar-refractivity contribution in [1.29, 1.82) is 0 Å². The number of esters is 1. The third-order valence-electron chi connectivity index (χ3n) is 2.12. The maximum atomic E-state index is 11.5. The van der Waals surface area contributed by atoms with Gasteiger partial charge >= 0.3 is 5.97 Å². The lowest BCUT2D eigenvalue weighted by atomic mass is 9.95. The number of carbonyl (C=O) groups excluding carboxylic acids is 1. The van der Waals surface area contributed by atoms with E-state index in [0.29, 0.717) is 11.7 Å². The van der Waals surface area contributed by atoms with Gasteiger partial charge in [0, 0.05) is 11.8 Å². The number of thiocarbonyl (C=S) groups is 1. The quantitative estimate of drug-likeness (QED) is 0.548. The van der Waals surface area contributed by atoms with E-state index in [1.165, 1.54) is 0 Å². The van der Waals surface area contributed by atoms with Crippen LogP contribution in [0.5, 0.6) is 0 Å². The van der Waals surface area contributed by atoms with Gasteiger partial charge in [0.25, 0.3) is 0 Å². The Morgan fingerprint density at radius 3 is 2.86 bits per heavy atom. The van der Waals surface area contributed by atoms with Crippen LogP contribution in [0.25, 0.3) is 0 Å². The molecule has 2 atom stereocenters. The van der Waals surface area contributed by atoms with E-state index in [4.69, 9.17) is 17.0 Å². The fraction of sp³-hybridized carbons (Fsp3) is 0.667. The summed E-state index contributed by atoms with van der Waals surface area (Å²) in [5, 5.41) is 3.38. The van der Waals surface area contributed by atoms with Crippen molar-refractivity contribution in [3.05, 3.63) is 0 Å². The SMILES string of the molecule is CCOC(=O)C1C(C)=NC(=S)NC1C. The van der Waals surface area contributed by atoms with E-state index in [1.54, 1.807) is 13.8 Å². The highest BCUT2D eigenvalue weighted by Gasteiger charge is 2.32. The van der Waals surface area contributed by atoms with Gasteiger partial charge in [-0.05, 0) is 33.0 Å². The standard InChI is InChI=1S/C9H14N2O2S/c1-4-13-8(12)7-5(2)10-9(14)11-6(7)3/h5,7H,4H2,1-3H3,(H,10,14). The Morgan fingerprint density at radius 1 is 1.71 bits per heavy atom. The highest BCUT2D eigenvalue weighted by atomic mass is 32.1. The van der Waals surface area contributed by atoms with Crippen molar-refractivity contribution in [3.63, 3.8) is 0 Å². The van der Waals surface area contributed by atoms with Crippen LogP contribution in [-0.2, 0) is 9.53 Å². The van der Waals surface area contributed by atoms with Gasteiger partial charge in [-0.3, -0.25) is 4.79 Å².